The topological polar surface area (TPSA) is 126 Å². The highest BCUT2D eigenvalue weighted by atomic mass is 32.2. The van der Waals surface area contributed by atoms with Crippen molar-refractivity contribution in [3.8, 4) is 5.75 Å². The number of piperidine rings is 2. The Labute approximate surface area is 347 Å². The van der Waals surface area contributed by atoms with Gasteiger partial charge in [-0.3, -0.25) is 4.90 Å². The third-order valence-corrected chi connectivity index (χ3v) is 15.6. The van der Waals surface area contributed by atoms with E-state index in [1.165, 1.54) is 22.7 Å². The fourth-order valence-corrected chi connectivity index (χ4v) is 11.6. The highest BCUT2D eigenvalue weighted by Gasteiger charge is 2.37. The second kappa shape index (κ2) is 17.7. The van der Waals surface area contributed by atoms with Gasteiger partial charge in [0.25, 0.3) is 0 Å². The molecule has 12 nitrogen and oxygen atoms in total. The Morgan fingerprint density at radius 2 is 1.27 bits per heavy atom. The molecule has 5 aromatic carbocycles. The van der Waals surface area contributed by atoms with Crippen molar-refractivity contribution >= 4 is 48.3 Å². The lowest BCUT2D eigenvalue weighted by Gasteiger charge is -2.41. The van der Waals surface area contributed by atoms with E-state index in [-0.39, 0.29) is 29.4 Å². The van der Waals surface area contributed by atoms with Gasteiger partial charge in [-0.1, -0.05) is 78.9 Å². The minimum absolute atomic E-state index is 0.0868. The Morgan fingerprint density at radius 1 is 0.661 bits per heavy atom. The fourth-order valence-electron chi connectivity index (χ4n) is 8.61. The number of ether oxygens (including phenoxy) is 3. The van der Waals surface area contributed by atoms with Crippen LogP contribution in [0.4, 0.5) is 16.2 Å². The number of hydrogen-bond donors (Lipinski definition) is 0. The third-order valence-electron chi connectivity index (χ3n) is 11.8. The van der Waals surface area contributed by atoms with E-state index in [2.05, 4.69) is 41.3 Å². The summed E-state index contributed by atoms with van der Waals surface area (Å²) in [5.41, 5.74) is 5.36. The predicted octanol–water partition coefficient (Wildman–Crippen LogP) is 7.18. The van der Waals surface area contributed by atoms with Crippen LogP contribution in [0, 0.1) is 0 Å². The van der Waals surface area contributed by atoms with Gasteiger partial charge in [0.1, 0.15) is 19.1 Å². The molecule has 0 unspecified atom stereocenters. The average molecular weight is 839 g/mol. The Hall–Kier alpha value is -4.99. The monoisotopic (exact) mass is 838 g/mol. The van der Waals surface area contributed by atoms with Crippen LogP contribution < -0.4 is 14.5 Å². The number of benzene rings is 5. The summed E-state index contributed by atoms with van der Waals surface area (Å²) in [6, 6.07) is 36.9. The van der Waals surface area contributed by atoms with Gasteiger partial charge >= 0.3 is 6.09 Å². The molecule has 5 aromatic rings. The summed E-state index contributed by atoms with van der Waals surface area (Å²) in [4.78, 5) is 16.6. The SMILES string of the molecule is COc1ccc(S(=O)(=O)N2CCC(N3C(=O)OCc4ccccc43)CC2)cc1.O=S(=O)(CCc1cccc2ccccc12)N1CCC(N2COCc3ccccc32)CC1. The average Bonchev–Trinajstić information content (AvgIpc) is 3.28. The van der Waals surface area contributed by atoms with Crippen LogP contribution in [0.15, 0.2) is 120 Å². The predicted molar refractivity (Wildman–Crippen MR) is 228 cm³/mol. The van der Waals surface area contributed by atoms with Crippen LogP contribution in [-0.2, 0) is 49.2 Å². The highest BCUT2D eigenvalue weighted by molar-refractivity contribution is 7.89. The van der Waals surface area contributed by atoms with Gasteiger partial charge in [0.05, 0.1) is 30.1 Å². The standard InChI is InChI=1S/C25H28N2O3S.C20H22N2O5S/c28-31(29,17-14-21-9-5-8-20-6-1-3-10-24(20)21)26-15-12-23(13-16-26)27-19-30-18-22-7-2-4-11-25(22)27;1-26-17-6-8-18(9-7-17)28(24,25)21-12-10-16(11-13-21)22-19-5-3-2-4-15(19)14-27-20(22)23/h1-11,23H,12-19H2;2-9,16H,10-14H2,1H3. The molecule has 0 aromatic heterocycles. The van der Waals surface area contributed by atoms with Crippen LogP contribution in [0.5, 0.6) is 5.75 Å². The lowest BCUT2D eigenvalue weighted by Crippen LogP contribution is -2.50. The number of fused-ring (bicyclic) bond motifs is 3. The molecule has 0 aliphatic carbocycles. The molecule has 1 amide bonds. The smallest absolute Gasteiger partial charge is 0.414 e. The molecule has 310 valence electrons. The van der Waals surface area contributed by atoms with Gasteiger partial charge in [0.2, 0.25) is 20.0 Å². The summed E-state index contributed by atoms with van der Waals surface area (Å²) in [5, 5.41) is 2.30. The van der Waals surface area contributed by atoms with E-state index in [0.717, 1.165) is 40.4 Å². The molecule has 2 saturated heterocycles. The first-order valence-electron chi connectivity index (χ1n) is 20.2. The van der Waals surface area contributed by atoms with Gasteiger partial charge in [0, 0.05) is 55.1 Å². The minimum Gasteiger partial charge on any atom is -0.497 e. The van der Waals surface area contributed by atoms with Crippen molar-refractivity contribution in [1.29, 1.82) is 0 Å². The molecule has 0 atom stereocenters. The van der Waals surface area contributed by atoms with Gasteiger partial charge in [-0.25, -0.2) is 25.9 Å². The van der Waals surface area contributed by atoms with Crippen LogP contribution in [0.1, 0.15) is 42.4 Å². The van der Waals surface area contributed by atoms with Gasteiger partial charge in [-0.15, -0.1) is 0 Å². The van der Waals surface area contributed by atoms with Crippen LogP contribution in [0.3, 0.4) is 0 Å². The quantitative estimate of drug-likeness (QED) is 0.152. The molecule has 4 aliphatic rings. The first kappa shape index (κ1) is 40.8. The van der Waals surface area contributed by atoms with E-state index < -0.39 is 20.0 Å². The Bertz CT molecular complexity index is 2480. The molecule has 4 aliphatic heterocycles. The van der Waals surface area contributed by atoms with Gasteiger partial charge in [0.15, 0.2) is 0 Å². The normalized spacial score (nSPS) is 18.4. The number of amides is 1. The van der Waals surface area contributed by atoms with Gasteiger partial charge in [-0.2, -0.15) is 4.31 Å². The molecule has 2 fully saturated rings. The van der Waals surface area contributed by atoms with E-state index in [1.54, 1.807) is 33.5 Å². The number of methoxy groups -OCH3 is 1. The van der Waals surface area contributed by atoms with E-state index in [4.69, 9.17) is 14.2 Å². The maximum absolute atomic E-state index is 13.1. The number of carbonyl (C=O) groups excluding carboxylic acids is 1. The zero-order chi connectivity index (χ0) is 41.0. The fraction of sp³-hybridized carbons (Fsp3) is 0.356. The van der Waals surface area contributed by atoms with Gasteiger partial charge in [-0.05, 0) is 84.8 Å². The number of aryl methyl sites for hydroxylation is 1. The number of para-hydroxylation sites is 2. The maximum Gasteiger partial charge on any atom is 0.414 e. The van der Waals surface area contributed by atoms with Crippen molar-refractivity contribution in [2.24, 2.45) is 0 Å². The summed E-state index contributed by atoms with van der Waals surface area (Å²) >= 11 is 0. The van der Waals surface area contributed by atoms with Crippen molar-refractivity contribution in [3.05, 3.63) is 132 Å². The molecular weight excluding hydrogens is 789 g/mol. The number of carbonyl (C=O) groups is 1. The number of hydrogen-bond acceptors (Lipinski definition) is 9. The van der Waals surface area contributed by atoms with E-state index in [1.807, 2.05) is 54.6 Å². The number of rotatable bonds is 9. The summed E-state index contributed by atoms with van der Waals surface area (Å²) in [7, 11) is -5.31. The Morgan fingerprint density at radius 3 is 2.00 bits per heavy atom. The molecule has 0 radical (unpaired) electrons. The molecule has 4 heterocycles. The molecule has 59 heavy (non-hydrogen) atoms. The maximum atomic E-state index is 13.1. The molecule has 14 heteroatoms. The summed E-state index contributed by atoms with van der Waals surface area (Å²) < 4.78 is 71.3. The minimum atomic E-state index is -3.57. The van der Waals surface area contributed by atoms with E-state index in [0.29, 0.717) is 70.6 Å². The van der Waals surface area contributed by atoms with Crippen molar-refractivity contribution < 1.29 is 35.8 Å². The number of cyclic esters (lactones) is 1. The molecular formula is C45H50N4O8S2. The first-order valence-corrected chi connectivity index (χ1v) is 23.2. The summed E-state index contributed by atoms with van der Waals surface area (Å²) in [6.45, 7) is 3.35. The molecule has 0 saturated carbocycles. The summed E-state index contributed by atoms with van der Waals surface area (Å²) in [6.07, 6.45) is 2.93. The van der Waals surface area contributed by atoms with Crippen LogP contribution in [-0.4, -0.2) is 89.4 Å². The zero-order valence-electron chi connectivity index (χ0n) is 33.2. The van der Waals surface area contributed by atoms with Crippen LogP contribution >= 0.6 is 0 Å². The first-order chi connectivity index (χ1) is 28.6. The Kier molecular flexibility index (Phi) is 12.2. The van der Waals surface area contributed by atoms with Crippen molar-refractivity contribution in [1.82, 2.24) is 8.61 Å². The molecule has 9 rings (SSSR count). The second-order valence-electron chi connectivity index (χ2n) is 15.3. The van der Waals surface area contributed by atoms with Crippen molar-refractivity contribution in [2.45, 2.75) is 62.3 Å². The van der Waals surface area contributed by atoms with Crippen LogP contribution in [0.2, 0.25) is 0 Å². The molecule has 0 bridgehead atoms. The largest absolute Gasteiger partial charge is 0.497 e. The lowest BCUT2D eigenvalue weighted by molar-refractivity contribution is 0.0988. The summed E-state index contributed by atoms with van der Waals surface area (Å²) in [5.74, 6) is 0.765. The number of anilines is 2. The molecule has 0 spiro atoms. The third kappa shape index (κ3) is 8.83. The molecule has 0 N–H and O–H groups in total. The van der Waals surface area contributed by atoms with E-state index >= 15 is 0 Å². The number of sulfonamides is 2. The van der Waals surface area contributed by atoms with E-state index in [9.17, 15) is 21.6 Å². The zero-order valence-corrected chi connectivity index (χ0v) is 34.8. The van der Waals surface area contributed by atoms with Crippen molar-refractivity contribution in [2.75, 3.05) is 55.6 Å². The van der Waals surface area contributed by atoms with Gasteiger partial charge < -0.3 is 19.1 Å². The van der Waals surface area contributed by atoms with Crippen molar-refractivity contribution in [3.63, 3.8) is 0 Å². The second-order valence-corrected chi connectivity index (χ2v) is 19.3. The highest BCUT2D eigenvalue weighted by Crippen LogP contribution is 2.34. The number of nitrogens with zero attached hydrogens (tertiary/aromatic N) is 4. The lowest BCUT2D eigenvalue weighted by atomic mass is 10.0. The Balaban J connectivity index is 0.000000165. The van der Waals surface area contributed by atoms with Crippen LogP contribution in [0.25, 0.3) is 10.8 Å².